The second kappa shape index (κ2) is 10.8. The molecule has 4 rings (SSSR count). The van der Waals surface area contributed by atoms with Crippen LogP contribution >= 0.6 is 35.0 Å². The van der Waals surface area contributed by atoms with Crippen LogP contribution in [0.1, 0.15) is 15.9 Å². The van der Waals surface area contributed by atoms with E-state index < -0.39 is 11.9 Å². The largest absolute Gasteiger partial charge is 0.492 e. The Morgan fingerprint density at radius 1 is 0.912 bits per heavy atom. The lowest BCUT2D eigenvalue weighted by Crippen LogP contribution is -2.32. The van der Waals surface area contributed by atoms with Crippen LogP contribution in [0.15, 0.2) is 77.7 Å². The number of hydrogen-bond acceptors (Lipinski definition) is 6. The SMILES string of the molecule is O=C(Oc1cccc(/C=C2\SC(=O)N(CCOc3ccc(Cl)cc3)C2=O)c1)c1ccc(Cl)cc1. The molecule has 0 aromatic heterocycles. The van der Waals surface area contributed by atoms with Gasteiger partial charge < -0.3 is 9.47 Å². The highest BCUT2D eigenvalue weighted by molar-refractivity contribution is 8.18. The standard InChI is InChI=1S/C25H17Cl2NO5S/c26-18-6-4-17(5-7-18)24(30)33-21-3-1-2-16(14-21)15-22-23(29)28(25(31)34-22)12-13-32-20-10-8-19(27)9-11-20/h1-11,14-15H,12-13H2/b22-15-. The minimum absolute atomic E-state index is 0.114. The first-order valence-corrected chi connectivity index (χ1v) is 11.7. The van der Waals surface area contributed by atoms with Crippen LogP contribution in [-0.2, 0) is 4.79 Å². The monoisotopic (exact) mass is 513 g/mol. The van der Waals surface area contributed by atoms with Gasteiger partial charge in [0.15, 0.2) is 0 Å². The van der Waals surface area contributed by atoms with Gasteiger partial charge in [-0.3, -0.25) is 14.5 Å². The number of rotatable bonds is 7. The van der Waals surface area contributed by atoms with E-state index in [1.54, 1.807) is 78.9 Å². The summed E-state index contributed by atoms with van der Waals surface area (Å²) in [5.74, 6) is -0.0331. The van der Waals surface area contributed by atoms with Crippen molar-refractivity contribution in [1.82, 2.24) is 4.90 Å². The molecule has 34 heavy (non-hydrogen) atoms. The maximum atomic E-state index is 12.7. The fraction of sp³-hybridized carbons (Fsp3) is 0.0800. The zero-order valence-electron chi connectivity index (χ0n) is 17.6. The van der Waals surface area contributed by atoms with Crippen LogP contribution < -0.4 is 9.47 Å². The van der Waals surface area contributed by atoms with E-state index in [0.29, 0.717) is 32.7 Å². The van der Waals surface area contributed by atoms with Gasteiger partial charge in [0.1, 0.15) is 18.1 Å². The van der Waals surface area contributed by atoms with Crippen LogP contribution in [0.2, 0.25) is 10.0 Å². The predicted molar refractivity (Wildman–Crippen MR) is 132 cm³/mol. The van der Waals surface area contributed by atoms with Gasteiger partial charge in [-0.1, -0.05) is 35.3 Å². The van der Waals surface area contributed by atoms with Crippen LogP contribution in [0, 0.1) is 0 Å². The van der Waals surface area contributed by atoms with Crippen molar-refractivity contribution in [3.05, 3.63) is 98.9 Å². The molecule has 0 spiro atoms. The van der Waals surface area contributed by atoms with Crippen molar-refractivity contribution in [2.75, 3.05) is 13.2 Å². The number of amides is 2. The Balaban J connectivity index is 1.39. The first-order valence-electron chi connectivity index (χ1n) is 10.1. The number of carbonyl (C=O) groups excluding carboxylic acids is 3. The van der Waals surface area contributed by atoms with Gasteiger partial charge in [-0.15, -0.1) is 0 Å². The summed E-state index contributed by atoms with van der Waals surface area (Å²) >= 11 is 12.5. The number of esters is 1. The molecule has 0 N–H and O–H groups in total. The molecule has 1 saturated heterocycles. The van der Waals surface area contributed by atoms with Gasteiger partial charge in [0, 0.05) is 10.0 Å². The van der Waals surface area contributed by atoms with E-state index in [9.17, 15) is 14.4 Å². The summed E-state index contributed by atoms with van der Waals surface area (Å²) < 4.78 is 11.0. The molecule has 0 radical (unpaired) electrons. The third kappa shape index (κ3) is 5.99. The Kier molecular flexibility index (Phi) is 7.57. The van der Waals surface area contributed by atoms with E-state index in [2.05, 4.69) is 0 Å². The van der Waals surface area contributed by atoms with E-state index in [1.807, 2.05) is 0 Å². The molecule has 1 aliphatic rings. The van der Waals surface area contributed by atoms with Gasteiger partial charge in [0.05, 0.1) is 17.0 Å². The number of ether oxygens (including phenoxy) is 2. The highest BCUT2D eigenvalue weighted by Crippen LogP contribution is 2.32. The smallest absolute Gasteiger partial charge is 0.343 e. The van der Waals surface area contributed by atoms with Crippen molar-refractivity contribution in [1.29, 1.82) is 0 Å². The lowest BCUT2D eigenvalue weighted by molar-refractivity contribution is -0.123. The van der Waals surface area contributed by atoms with Crippen molar-refractivity contribution in [2.24, 2.45) is 0 Å². The summed E-state index contributed by atoms with van der Waals surface area (Å²) in [6.07, 6.45) is 1.59. The average Bonchev–Trinajstić information content (AvgIpc) is 3.08. The molecule has 6 nitrogen and oxygen atoms in total. The van der Waals surface area contributed by atoms with Crippen molar-refractivity contribution >= 4 is 58.2 Å². The van der Waals surface area contributed by atoms with Gasteiger partial charge in [0.2, 0.25) is 0 Å². The molecule has 2 amide bonds. The number of thioether (sulfide) groups is 1. The predicted octanol–water partition coefficient (Wildman–Crippen LogP) is 6.33. The third-order valence-electron chi connectivity index (χ3n) is 4.72. The van der Waals surface area contributed by atoms with E-state index >= 15 is 0 Å². The highest BCUT2D eigenvalue weighted by Gasteiger charge is 2.34. The van der Waals surface area contributed by atoms with Crippen molar-refractivity contribution < 1.29 is 23.9 Å². The Morgan fingerprint density at radius 3 is 2.29 bits per heavy atom. The van der Waals surface area contributed by atoms with Crippen LogP contribution in [-0.4, -0.2) is 35.2 Å². The molecule has 0 bridgehead atoms. The second-order valence-electron chi connectivity index (χ2n) is 7.10. The van der Waals surface area contributed by atoms with E-state index in [-0.39, 0.29) is 23.3 Å². The average molecular weight is 514 g/mol. The lowest BCUT2D eigenvalue weighted by Gasteiger charge is -2.13. The molecule has 0 atom stereocenters. The summed E-state index contributed by atoms with van der Waals surface area (Å²) in [5, 5.41) is 0.734. The molecular formula is C25H17Cl2NO5S. The molecule has 3 aromatic rings. The lowest BCUT2D eigenvalue weighted by atomic mass is 10.2. The number of benzene rings is 3. The Hall–Kier alpha value is -3.26. The van der Waals surface area contributed by atoms with Crippen LogP contribution in [0.3, 0.4) is 0 Å². The molecule has 172 valence electrons. The van der Waals surface area contributed by atoms with E-state index in [1.165, 1.54) is 0 Å². The molecular weight excluding hydrogens is 497 g/mol. The van der Waals surface area contributed by atoms with Gasteiger partial charge in [-0.2, -0.15) is 0 Å². The van der Waals surface area contributed by atoms with Gasteiger partial charge >= 0.3 is 5.97 Å². The zero-order valence-corrected chi connectivity index (χ0v) is 19.9. The van der Waals surface area contributed by atoms with Crippen molar-refractivity contribution in [3.8, 4) is 11.5 Å². The molecule has 3 aromatic carbocycles. The molecule has 1 aliphatic heterocycles. The van der Waals surface area contributed by atoms with Crippen molar-refractivity contribution in [3.63, 3.8) is 0 Å². The molecule has 1 fully saturated rings. The summed E-state index contributed by atoms with van der Waals surface area (Å²) in [6.45, 7) is 0.270. The summed E-state index contributed by atoms with van der Waals surface area (Å²) in [5.41, 5.74) is 0.973. The first-order chi connectivity index (χ1) is 16.4. The maximum absolute atomic E-state index is 12.7. The minimum Gasteiger partial charge on any atom is -0.492 e. The van der Waals surface area contributed by atoms with Gasteiger partial charge in [-0.05, 0) is 84.1 Å². The quantitative estimate of drug-likeness (QED) is 0.209. The van der Waals surface area contributed by atoms with E-state index in [4.69, 9.17) is 32.7 Å². The Bertz CT molecular complexity index is 1260. The molecule has 9 heteroatoms. The number of nitrogens with zero attached hydrogens (tertiary/aromatic N) is 1. The second-order valence-corrected chi connectivity index (χ2v) is 8.97. The number of imide groups is 1. The van der Waals surface area contributed by atoms with Crippen molar-refractivity contribution in [2.45, 2.75) is 0 Å². The van der Waals surface area contributed by atoms with Gasteiger partial charge in [-0.25, -0.2) is 4.79 Å². The van der Waals surface area contributed by atoms with E-state index in [0.717, 1.165) is 16.7 Å². The number of halogens is 2. The minimum atomic E-state index is -0.533. The topological polar surface area (TPSA) is 72.9 Å². The Labute approximate surface area is 210 Å². The number of carbonyl (C=O) groups is 3. The molecule has 0 aliphatic carbocycles. The number of hydrogen-bond donors (Lipinski definition) is 0. The fourth-order valence-corrected chi connectivity index (χ4v) is 4.17. The fourth-order valence-electron chi connectivity index (χ4n) is 3.05. The summed E-state index contributed by atoms with van der Waals surface area (Å²) in [7, 11) is 0. The summed E-state index contributed by atoms with van der Waals surface area (Å²) in [6, 6.07) is 19.8. The normalized spacial score (nSPS) is 14.5. The van der Waals surface area contributed by atoms with Crippen LogP contribution in [0.5, 0.6) is 11.5 Å². The molecule has 0 unspecified atom stereocenters. The maximum Gasteiger partial charge on any atom is 0.343 e. The summed E-state index contributed by atoms with van der Waals surface area (Å²) in [4.78, 5) is 38.8. The first kappa shape index (κ1) is 23.9. The van der Waals surface area contributed by atoms with Gasteiger partial charge in [0.25, 0.3) is 11.1 Å². The zero-order chi connectivity index (χ0) is 24.1. The third-order valence-corrected chi connectivity index (χ3v) is 6.13. The Morgan fingerprint density at radius 2 is 1.59 bits per heavy atom. The van der Waals surface area contributed by atoms with Crippen LogP contribution in [0.4, 0.5) is 4.79 Å². The molecule has 1 heterocycles. The molecule has 0 saturated carbocycles. The highest BCUT2D eigenvalue weighted by atomic mass is 35.5. The van der Waals surface area contributed by atoms with Crippen LogP contribution in [0.25, 0.3) is 6.08 Å².